The van der Waals surface area contributed by atoms with E-state index in [-0.39, 0.29) is 23.2 Å². The molecule has 3 aromatic rings. The van der Waals surface area contributed by atoms with Crippen LogP contribution in [0.15, 0.2) is 30.3 Å². The van der Waals surface area contributed by atoms with Crippen LogP contribution in [-0.2, 0) is 0 Å². The summed E-state index contributed by atoms with van der Waals surface area (Å²) in [6.45, 7) is 0. The molecule has 0 radical (unpaired) electrons. The zero-order valence-electron chi connectivity index (χ0n) is 11.1. The van der Waals surface area contributed by atoms with Gasteiger partial charge in [-0.2, -0.15) is 0 Å². The van der Waals surface area contributed by atoms with E-state index in [9.17, 15) is 15.0 Å². The fourth-order valence-corrected chi connectivity index (χ4v) is 2.95. The van der Waals surface area contributed by atoms with Crippen LogP contribution in [0.1, 0.15) is 10.4 Å². The van der Waals surface area contributed by atoms with Crippen LogP contribution in [0.5, 0.6) is 17.2 Å². The van der Waals surface area contributed by atoms with Gasteiger partial charge in [0.05, 0.1) is 18.4 Å². The molecule has 1 amide bonds. The Labute approximate surface area is 119 Å². The number of amides is 1. The molecule has 1 heterocycles. The first-order valence-corrected chi connectivity index (χ1v) is 6.41. The molecule has 5 heteroatoms. The standard InChI is InChI=1S/C16H11NO4/c1-21-12-6-9-13-10(17-16(9)20)5-8-7(14(13)15(12)19)3-2-4-11(8)18/h2-6,18-19H,1H3,(H,17,20). The van der Waals surface area contributed by atoms with Crippen LogP contribution in [0.25, 0.3) is 21.5 Å². The van der Waals surface area contributed by atoms with Crippen molar-refractivity contribution in [2.45, 2.75) is 0 Å². The number of aromatic hydroxyl groups is 2. The van der Waals surface area contributed by atoms with Crippen molar-refractivity contribution in [2.75, 3.05) is 12.4 Å². The average molecular weight is 281 g/mol. The summed E-state index contributed by atoms with van der Waals surface area (Å²) in [6.07, 6.45) is 0. The van der Waals surface area contributed by atoms with E-state index < -0.39 is 0 Å². The molecule has 21 heavy (non-hydrogen) atoms. The van der Waals surface area contributed by atoms with Crippen molar-refractivity contribution < 1.29 is 19.7 Å². The van der Waals surface area contributed by atoms with Gasteiger partial charge in [0.1, 0.15) is 5.75 Å². The van der Waals surface area contributed by atoms with Crippen LogP contribution >= 0.6 is 0 Å². The second-order valence-corrected chi connectivity index (χ2v) is 4.98. The normalized spacial score (nSPS) is 12.9. The van der Waals surface area contributed by atoms with E-state index in [1.54, 1.807) is 24.3 Å². The van der Waals surface area contributed by atoms with Crippen molar-refractivity contribution in [3.63, 3.8) is 0 Å². The number of nitrogens with one attached hydrogen (secondary N) is 1. The first-order valence-electron chi connectivity index (χ1n) is 6.41. The van der Waals surface area contributed by atoms with E-state index in [1.807, 2.05) is 0 Å². The van der Waals surface area contributed by atoms with Crippen molar-refractivity contribution in [3.8, 4) is 17.2 Å². The lowest BCUT2D eigenvalue weighted by molar-refractivity contribution is 0.103. The lowest BCUT2D eigenvalue weighted by Gasteiger charge is -2.11. The van der Waals surface area contributed by atoms with E-state index in [1.165, 1.54) is 13.2 Å². The minimum absolute atomic E-state index is 0.0369. The Kier molecular flexibility index (Phi) is 2.14. The molecule has 104 valence electrons. The number of phenolic OH excluding ortho intramolecular Hbond substituents is 2. The molecular weight excluding hydrogens is 270 g/mol. The molecule has 0 atom stereocenters. The van der Waals surface area contributed by atoms with Crippen LogP contribution in [-0.4, -0.2) is 23.2 Å². The van der Waals surface area contributed by atoms with Gasteiger partial charge < -0.3 is 20.3 Å². The van der Waals surface area contributed by atoms with Gasteiger partial charge in [-0.3, -0.25) is 4.79 Å². The number of anilines is 1. The van der Waals surface area contributed by atoms with E-state index in [0.29, 0.717) is 32.8 Å². The fourth-order valence-electron chi connectivity index (χ4n) is 2.95. The number of carbonyl (C=O) groups excluding carboxylic acids is 1. The maximum Gasteiger partial charge on any atom is 0.256 e. The second kappa shape index (κ2) is 3.79. The van der Waals surface area contributed by atoms with E-state index >= 15 is 0 Å². The number of benzene rings is 3. The number of phenols is 2. The van der Waals surface area contributed by atoms with Crippen LogP contribution in [0, 0.1) is 0 Å². The molecule has 0 aliphatic carbocycles. The Hall–Kier alpha value is -2.95. The maximum atomic E-state index is 12.1. The van der Waals surface area contributed by atoms with Crippen LogP contribution < -0.4 is 10.1 Å². The molecule has 4 rings (SSSR count). The average Bonchev–Trinajstić information content (AvgIpc) is 2.78. The third kappa shape index (κ3) is 1.37. The Bertz CT molecular complexity index is 946. The summed E-state index contributed by atoms with van der Waals surface area (Å²) >= 11 is 0. The lowest BCUT2D eigenvalue weighted by Crippen LogP contribution is -2.04. The molecule has 0 saturated heterocycles. The first-order chi connectivity index (χ1) is 10.1. The zero-order chi connectivity index (χ0) is 14.7. The van der Waals surface area contributed by atoms with E-state index in [4.69, 9.17) is 4.74 Å². The van der Waals surface area contributed by atoms with Crippen molar-refractivity contribution in [1.29, 1.82) is 0 Å². The molecule has 3 aromatic carbocycles. The fraction of sp³-hybridized carbons (Fsp3) is 0.0625. The van der Waals surface area contributed by atoms with Crippen molar-refractivity contribution in [2.24, 2.45) is 0 Å². The highest BCUT2D eigenvalue weighted by Gasteiger charge is 2.27. The number of methoxy groups -OCH3 is 1. The summed E-state index contributed by atoms with van der Waals surface area (Å²) in [5, 5.41) is 25.6. The summed E-state index contributed by atoms with van der Waals surface area (Å²) in [5.74, 6) is 0.0419. The van der Waals surface area contributed by atoms with Crippen molar-refractivity contribution in [1.82, 2.24) is 0 Å². The molecule has 3 N–H and O–H groups in total. The van der Waals surface area contributed by atoms with E-state index in [2.05, 4.69) is 5.32 Å². The highest BCUT2D eigenvalue weighted by atomic mass is 16.5. The molecule has 0 aromatic heterocycles. The second-order valence-electron chi connectivity index (χ2n) is 4.98. The minimum Gasteiger partial charge on any atom is -0.507 e. The predicted octanol–water partition coefficient (Wildman–Crippen LogP) is 2.98. The summed E-state index contributed by atoms with van der Waals surface area (Å²) < 4.78 is 5.15. The smallest absolute Gasteiger partial charge is 0.256 e. The molecule has 1 aliphatic heterocycles. The van der Waals surface area contributed by atoms with Crippen LogP contribution in [0.2, 0.25) is 0 Å². The van der Waals surface area contributed by atoms with Gasteiger partial charge in [-0.05, 0) is 23.6 Å². The number of ether oxygens (including phenoxy) is 1. The van der Waals surface area contributed by atoms with Gasteiger partial charge >= 0.3 is 0 Å². The summed E-state index contributed by atoms with van der Waals surface area (Å²) in [4.78, 5) is 12.1. The van der Waals surface area contributed by atoms with Gasteiger partial charge in [-0.15, -0.1) is 0 Å². The Morgan fingerprint density at radius 1 is 1.10 bits per heavy atom. The molecule has 1 aliphatic rings. The Morgan fingerprint density at radius 2 is 1.90 bits per heavy atom. The highest BCUT2D eigenvalue weighted by Crippen LogP contribution is 2.47. The lowest BCUT2D eigenvalue weighted by atomic mass is 9.97. The molecule has 0 saturated carbocycles. The molecule has 0 unspecified atom stereocenters. The first kappa shape index (κ1) is 11.8. The van der Waals surface area contributed by atoms with Gasteiger partial charge in [-0.1, -0.05) is 12.1 Å². The molecule has 5 nitrogen and oxygen atoms in total. The highest BCUT2D eigenvalue weighted by molar-refractivity contribution is 6.30. The van der Waals surface area contributed by atoms with Gasteiger partial charge in [-0.25, -0.2) is 0 Å². The monoisotopic (exact) mass is 281 g/mol. The van der Waals surface area contributed by atoms with Crippen molar-refractivity contribution in [3.05, 3.63) is 35.9 Å². The molecule has 0 fully saturated rings. The zero-order valence-corrected chi connectivity index (χ0v) is 11.1. The summed E-state index contributed by atoms with van der Waals surface area (Å²) in [7, 11) is 1.43. The number of rotatable bonds is 1. The Morgan fingerprint density at radius 3 is 2.67 bits per heavy atom. The van der Waals surface area contributed by atoms with Crippen molar-refractivity contribution >= 4 is 33.1 Å². The van der Waals surface area contributed by atoms with Gasteiger partial charge in [0, 0.05) is 16.2 Å². The van der Waals surface area contributed by atoms with Gasteiger partial charge in [0.25, 0.3) is 5.91 Å². The summed E-state index contributed by atoms with van der Waals surface area (Å²) in [6, 6.07) is 8.30. The van der Waals surface area contributed by atoms with Gasteiger partial charge in [0.15, 0.2) is 11.5 Å². The van der Waals surface area contributed by atoms with Crippen LogP contribution in [0.3, 0.4) is 0 Å². The number of hydrogen-bond donors (Lipinski definition) is 3. The topological polar surface area (TPSA) is 78.8 Å². The Balaban J connectivity index is 2.34. The summed E-state index contributed by atoms with van der Waals surface area (Å²) in [5.41, 5.74) is 1.04. The number of hydrogen-bond acceptors (Lipinski definition) is 4. The number of fused-ring (bicyclic) bond motifs is 2. The van der Waals surface area contributed by atoms with Crippen LogP contribution in [0.4, 0.5) is 5.69 Å². The molecule has 0 bridgehead atoms. The third-order valence-electron chi connectivity index (χ3n) is 3.89. The predicted molar refractivity (Wildman–Crippen MR) is 79.3 cm³/mol. The maximum absolute atomic E-state index is 12.1. The molecular formula is C16H11NO4. The molecule has 0 spiro atoms. The SMILES string of the molecule is COc1cc2c3c(cc4c(O)cccc4c3c1O)NC2=O. The van der Waals surface area contributed by atoms with E-state index in [0.717, 1.165) is 0 Å². The largest absolute Gasteiger partial charge is 0.507 e. The van der Waals surface area contributed by atoms with Gasteiger partial charge in [0.2, 0.25) is 0 Å². The minimum atomic E-state index is -0.247. The number of carbonyl (C=O) groups is 1. The third-order valence-corrected chi connectivity index (χ3v) is 3.89. The quantitative estimate of drug-likeness (QED) is 0.599.